The first-order valence-electron chi connectivity index (χ1n) is 13.7. The molecule has 1 fully saturated rings. The van der Waals surface area contributed by atoms with Gasteiger partial charge < -0.3 is 9.64 Å². The maximum Gasteiger partial charge on any atom is 0.242 e. The molecule has 0 N–H and O–H groups in total. The molecule has 0 aliphatic carbocycles. The summed E-state index contributed by atoms with van der Waals surface area (Å²) in [4.78, 5) is 30.9. The van der Waals surface area contributed by atoms with Crippen molar-refractivity contribution in [1.82, 2.24) is 14.7 Å². The summed E-state index contributed by atoms with van der Waals surface area (Å²) in [5.41, 5.74) is 6.75. The van der Waals surface area contributed by atoms with E-state index in [1.807, 2.05) is 72.3 Å². The van der Waals surface area contributed by atoms with E-state index in [1.165, 1.54) is 0 Å². The number of aromatic nitrogens is 2. The number of carbonyl (C=O) groups excluding carboxylic acids is 2. The highest BCUT2D eigenvalue weighted by molar-refractivity contribution is 8.00. The maximum absolute atomic E-state index is 13.9. The van der Waals surface area contributed by atoms with Crippen molar-refractivity contribution in [1.29, 1.82) is 0 Å². The summed E-state index contributed by atoms with van der Waals surface area (Å²) >= 11 is 7.85. The molecule has 2 amide bonds. The zero-order chi connectivity index (χ0) is 28.5. The summed E-state index contributed by atoms with van der Waals surface area (Å²) in [5, 5.41) is 5.62. The Hall–Kier alpha value is -3.59. The van der Waals surface area contributed by atoms with Crippen LogP contribution in [0.15, 0.2) is 72.8 Å². The first-order chi connectivity index (χ1) is 19.9. The van der Waals surface area contributed by atoms with Gasteiger partial charge in [0.25, 0.3) is 0 Å². The van der Waals surface area contributed by atoms with Crippen LogP contribution in [0.25, 0.3) is 16.9 Å². The summed E-state index contributed by atoms with van der Waals surface area (Å²) in [5.74, 6) is 0.642. The molecule has 0 spiro atoms. The van der Waals surface area contributed by atoms with Gasteiger partial charge in [-0.25, -0.2) is 4.68 Å². The number of rotatable bonds is 5. The molecule has 0 radical (unpaired) electrons. The Bertz CT molecular complexity index is 1580. The Kier molecular flexibility index (Phi) is 7.88. The third kappa shape index (κ3) is 5.52. The van der Waals surface area contributed by atoms with Crippen molar-refractivity contribution >= 4 is 41.0 Å². The Labute approximate surface area is 249 Å². The summed E-state index contributed by atoms with van der Waals surface area (Å²) in [7, 11) is 0. The number of ether oxygens (including phenoxy) is 1. The Morgan fingerprint density at radius 3 is 2.41 bits per heavy atom. The number of anilines is 1. The predicted molar refractivity (Wildman–Crippen MR) is 164 cm³/mol. The number of benzene rings is 3. The van der Waals surface area contributed by atoms with Gasteiger partial charge in [-0.15, -0.1) is 11.8 Å². The highest BCUT2D eigenvalue weighted by Crippen LogP contribution is 2.49. The van der Waals surface area contributed by atoms with Gasteiger partial charge in [-0.2, -0.15) is 5.10 Å². The number of hydrogen-bond donors (Lipinski definition) is 0. The van der Waals surface area contributed by atoms with Crippen molar-refractivity contribution in [2.24, 2.45) is 0 Å². The van der Waals surface area contributed by atoms with Gasteiger partial charge in [0.2, 0.25) is 11.8 Å². The zero-order valence-corrected chi connectivity index (χ0v) is 24.6. The Balaban J connectivity index is 1.60. The third-order valence-corrected chi connectivity index (χ3v) is 9.10. The van der Waals surface area contributed by atoms with Crippen molar-refractivity contribution in [3.05, 3.63) is 100 Å². The fraction of sp³-hybridized carbons (Fsp3) is 0.281. The summed E-state index contributed by atoms with van der Waals surface area (Å²) in [6.45, 7) is 6.09. The Morgan fingerprint density at radius 2 is 1.71 bits per heavy atom. The minimum absolute atomic E-state index is 0.0650. The van der Waals surface area contributed by atoms with Gasteiger partial charge in [0.1, 0.15) is 12.4 Å². The number of halogens is 1. The van der Waals surface area contributed by atoms with Crippen LogP contribution in [0.4, 0.5) is 5.82 Å². The van der Waals surface area contributed by atoms with Crippen LogP contribution in [0.3, 0.4) is 0 Å². The van der Waals surface area contributed by atoms with Crippen molar-refractivity contribution in [3.63, 3.8) is 0 Å². The number of amides is 2. The molecule has 3 heterocycles. The first-order valence-corrected chi connectivity index (χ1v) is 15.1. The van der Waals surface area contributed by atoms with Gasteiger partial charge >= 0.3 is 0 Å². The minimum Gasteiger partial charge on any atom is -0.378 e. The van der Waals surface area contributed by atoms with E-state index in [0.29, 0.717) is 37.1 Å². The zero-order valence-electron chi connectivity index (χ0n) is 23.0. The van der Waals surface area contributed by atoms with E-state index in [0.717, 1.165) is 39.2 Å². The molecule has 3 aromatic carbocycles. The molecule has 6 rings (SSSR count). The molecule has 1 saturated heterocycles. The number of carbonyl (C=O) groups is 2. The third-order valence-electron chi connectivity index (χ3n) is 7.61. The molecule has 7 nitrogen and oxygen atoms in total. The van der Waals surface area contributed by atoms with E-state index in [9.17, 15) is 9.59 Å². The second kappa shape index (κ2) is 11.7. The van der Waals surface area contributed by atoms with Gasteiger partial charge in [-0.1, -0.05) is 65.7 Å². The molecule has 0 saturated carbocycles. The van der Waals surface area contributed by atoms with Crippen molar-refractivity contribution in [3.8, 4) is 16.9 Å². The SMILES string of the molecule is Cc1ccc(-n2nc(-c3ccc(Cl)cc3)c3c2N(CC(=O)N2CCOCC2)C(=O)CS[C@@H]3c2ccccc2C)cc1. The van der Waals surface area contributed by atoms with Crippen LogP contribution >= 0.6 is 23.4 Å². The topological polar surface area (TPSA) is 67.7 Å². The normalized spacial score (nSPS) is 17.3. The molecule has 0 unspecified atom stereocenters. The highest BCUT2D eigenvalue weighted by atomic mass is 35.5. The van der Waals surface area contributed by atoms with Crippen LogP contribution in [-0.2, 0) is 14.3 Å². The van der Waals surface area contributed by atoms with Gasteiger partial charge in [-0.05, 0) is 49.2 Å². The first kappa shape index (κ1) is 27.6. The average molecular weight is 587 g/mol. The molecule has 210 valence electrons. The number of hydrogen-bond acceptors (Lipinski definition) is 5. The fourth-order valence-electron chi connectivity index (χ4n) is 5.38. The summed E-state index contributed by atoms with van der Waals surface area (Å²) in [6.07, 6.45) is 0. The van der Waals surface area contributed by atoms with Crippen molar-refractivity contribution in [2.75, 3.05) is 43.5 Å². The van der Waals surface area contributed by atoms with Crippen LogP contribution in [0.2, 0.25) is 5.02 Å². The number of morpholine rings is 1. The second-order valence-electron chi connectivity index (χ2n) is 10.4. The average Bonchev–Trinajstić information content (AvgIpc) is 3.31. The second-order valence-corrected chi connectivity index (χ2v) is 11.9. The molecule has 41 heavy (non-hydrogen) atoms. The molecule has 2 aliphatic rings. The lowest BCUT2D eigenvalue weighted by Crippen LogP contribution is -2.48. The molecule has 1 atom stereocenters. The van der Waals surface area contributed by atoms with E-state index < -0.39 is 0 Å². The van der Waals surface area contributed by atoms with Crippen LogP contribution in [0.1, 0.15) is 27.5 Å². The minimum atomic E-state index is -0.177. The van der Waals surface area contributed by atoms with E-state index in [4.69, 9.17) is 21.4 Å². The smallest absolute Gasteiger partial charge is 0.242 e. The Morgan fingerprint density at radius 1 is 1.00 bits per heavy atom. The molecule has 9 heteroatoms. The maximum atomic E-state index is 13.9. The van der Waals surface area contributed by atoms with Crippen LogP contribution in [0.5, 0.6) is 0 Å². The lowest BCUT2D eigenvalue weighted by Gasteiger charge is -2.30. The van der Waals surface area contributed by atoms with Crippen molar-refractivity contribution in [2.45, 2.75) is 19.1 Å². The number of aryl methyl sites for hydroxylation is 2. The van der Waals surface area contributed by atoms with Gasteiger partial charge in [0.05, 0.1) is 35.6 Å². The number of fused-ring (bicyclic) bond motifs is 1. The summed E-state index contributed by atoms with van der Waals surface area (Å²) < 4.78 is 7.29. The van der Waals surface area contributed by atoms with Crippen molar-refractivity contribution < 1.29 is 14.3 Å². The number of thioether (sulfide) groups is 1. The van der Waals surface area contributed by atoms with E-state index >= 15 is 0 Å². The molecule has 0 bridgehead atoms. The molecular weight excluding hydrogens is 556 g/mol. The predicted octanol–water partition coefficient (Wildman–Crippen LogP) is 5.84. The van der Waals surface area contributed by atoms with Crippen LogP contribution in [0, 0.1) is 13.8 Å². The molecular formula is C32H31ClN4O3S. The van der Waals surface area contributed by atoms with E-state index in [2.05, 4.69) is 19.1 Å². The quantitative estimate of drug-likeness (QED) is 0.294. The monoisotopic (exact) mass is 586 g/mol. The van der Waals surface area contributed by atoms with Crippen LogP contribution < -0.4 is 4.90 Å². The molecule has 4 aromatic rings. The standard InChI is InChI=1S/C32H31ClN4O3S/c1-21-7-13-25(14-8-21)37-32-29(30(34-37)23-9-11-24(33)12-10-23)31(26-6-4-3-5-22(26)2)41-20-28(39)36(32)19-27(38)35-15-17-40-18-16-35/h3-14,31H,15-20H2,1-2H3/t31-/m1/s1. The fourth-order valence-corrected chi connectivity index (χ4v) is 6.80. The van der Waals surface area contributed by atoms with E-state index in [1.54, 1.807) is 21.6 Å². The summed E-state index contributed by atoms with van der Waals surface area (Å²) in [6, 6.07) is 23.9. The van der Waals surface area contributed by atoms with E-state index in [-0.39, 0.29) is 29.4 Å². The van der Waals surface area contributed by atoms with Gasteiger partial charge in [0, 0.05) is 29.2 Å². The molecule has 1 aromatic heterocycles. The molecule has 2 aliphatic heterocycles. The van der Waals surface area contributed by atoms with Gasteiger partial charge in [0.15, 0.2) is 0 Å². The lowest BCUT2D eigenvalue weighted by atomic mass is 9.96. The largest absolute Gasteiger partial charge is 0.378 e. The van der Waals surface area contributed by atoms with Crippen LogP contribution in [-0.4, -0.2) is 65.1 Å². The lowest BCUT2D eigenvalue weighted by molar-refractivity contribution is -0.134. The number of nitrogens with zero attached hydrogens (tertiary/aromatic N) is 4. The van der Waals surface area contributed by atoms with Gasteiger partial charge in [-0.3, -0.25) is 14.5 Å². The highest BCUT2D eigenvalue weighted by Gasteiger charge is 2.38.